The molecule has 4 aromatic rings. The van der Waals surface area contributed by atoms with Crippen molar-refractivity contribution in [2.24, 2.45) is 0 Å². The first-order valence-electron chi connectivity index (χ1n) is 11.6. The topological polar surface area (TPSA) is 141 Å². The maximum absolute atomic E-state index is 13.5. The Hall–Kier alpha value is -5.14. The van der Waals surface area contributed by atoms with Gasteiger partial charge in [-0.3, -0.25) is 29.9 Å². The highest BCUT2D eigenvalue weighted by Gasteiger charge is 2.35. The molecule has 11 nitrogen and oxygen atoms in total. The van der Waals surface area contributed by atoms with E-state index in [0.29, 0.717) is 17.2 Å². The Morgan fingerprint density at radius 3 is 2.23 bits per heavy atom. The Labute approximate surface area is 233 Å². The van der Waals surface area contributed by atoms with Crippen LogP contribution in [0.25, 0.3) is 6.08 Å². The largest absolute Gasteiger partial charge is 0.457 e. The van der Waals surface area contributed by atoms with Crippen LogP contribution in [0, 0.1) is 10.1 Å². The van der Waals surface area contributed by atoms with Crippen molar-refractivity contribution in [3.8, 4) is 11.5 Å². The number of hydrogen-bond donors (Lipinski definition) is 1. The summed E-state index contributed by atoms with van der Waals surface area (Å²) in [6.45, 7) is 0. The molecule has 1 saturated heterocycles. The number of hydrogen-bond acceptors (Lipinski definition) is 8. The zero-order valence-electron chi connectivity index (χ0n) is 20.3. The second-order valence-electron chi connectivity index (χ2n) is 8.33. The van der Waals surface area contributed by atoms with Crippen LogP contribution in [0.15, 0.2) is 108 Å². The molecule has 0 aliphatic carbocycles. The van der Waals surface area contributed by atoms with Gasteiger partial charge in [0, 0.05) is 12.3 Å². The molecule has 5 rings (SSSR count). The number of carbonyl (C=O) groups excluding carboxylic acids is 2. The van der Waals surface area contributed by atoms with Crippen molar-refractivity contribution in [2.75, 3.05) is 4.90 Å². The third-order valence-corrected chi connectivity index (χ3v) is 7.85. The van der Waals surface area contributed by atoms with Gasteiger partial charge in [-0.25, -0.2) is 12.4 Å². The molecule has 2 heterocycles. The van der Waals surface area contributed by atoms with E-state index in [1.165, 1.54) is 24.3 Å². The summed E-state index contributed by atoms with van der Waals surface area (Å²) < 4.78 is 33.2. The number of nitrogens with zero attached hydrogens (tertiary/aromatic N) is 3. The van der Waals surface area contributed by atoms with Gasteiger partial charge in [0.1, 0.15) is 17.1 Å². The van der Waals surface area contributed by atoms with Crippen LogP contribution in [-0.2, 0) is 19.6 Å². The van der Waals surface area contributed by atoms with Crippen molar-refractivity contribution in [1.29, 1.82) is 0 Å². The van der Waals surface area contributed by atoms with Gasteiger partial charge in [-0.1, -0.05) is 30.3 Å². The normalized spacial score (nSPS) is 14.8. The lowest BCUT2D eigenvalue weighted by Crippen LogP contribution is -2.54. The van der Waals surface area contributed by atoms with Gasteiger partial charge in [-0.2, -0.15) is 0 Å². The Bertz CT molecular complexity index is 1800. The fraction of sp³-hybridized carbons (Fsp3) is 0. The van der Waals surface area contributed by atoms with Gasteiger partial charge >= 0.3 is 0 Å². The average Bonchev–Trinajstić information content (AvgIpc) is 3.42. The summed E-state index contributed by atoms with van der Waals surface area (Å²) in [7, 11) is -4.46. The lowest BCUT2D eigenvalue weighted by atomic mass is 10.1. The van der Waals surface area contributed by atoms with E-state index >= 15 is 0 Å². The van der Waals surface area contributed by atoms with Crippen LogP contribution in [-0.4, -0.2) is 34.2 Å². The molecule has 0 spiro atoms. The van der Waals surface area contributed by atoms with Crippen LogP contribution in [0.2, 0.25) is 0 Å². The molecule has 0 radical (unpaired) electrons. The highest BCUT2D eigenvalue weighted by atomic mass is 32.2. The second kappa shape index (κ2) is 10.6. The van der Waals surface area contributed by atoms with Crippen LogP contribution in [0.4, 0.5) is 11.4 Å². The SMILES string of the molecule is O=C1NC(=S)N(c2ccc(Oc3ccccc3)cc2)C(=O)C1=Cc1cccn1S(=O)(=O)c1ccccc1[N+](=O)[O-]. The zero-order chi connectivity index (χ0) is 28.4. The highest BCUT2D eigenvalue weighted by Crippen LogP contribution is 2.29. The van der Waals surface area contributed by atoms with Gasteiger partial charge in [0.05, 0.1) is 16.3 Å². The molecule has 0 saturated carbocycles. The van der Waals surface area contributed by atoms with Crippen molar-refractivity contribution >= 4 is 56.6 Å². The number of carbonyl (C=O) groups is 2. The molecule has 1 aromatic heterocycles. The summed E-state index contributed by atoms with van der Waals surface area (Å²) in [5.41, 5.74) is -0.742. The molecule has 13 heteroatoms. The number of para-hydroxylation sites is 2. The number of anilines is 1. The van der Waals surface area contributed by atoms with Crippen molar-refractivity contribution in [3.63, 3.8) is 0 Å². The number of rotatable bonds is 7. The van der Waals surface area contributed by atoms with Crippen LogP contribution in [0.3, 0.4) is 0 Å². The smallest absolute Gasteiger partial charge is 0.289 e. The molecule has 1 N–H and O–H groups in total. The number of thiocarbonyl (C=S) groups is 1. The number of benzene rings is 3. The molecule has 2 amide bonds. The minimum atomic E-state index is -4.46. The van der Waals surface area contributed by atoms with Crippen LogP contribution in [0.5, 0.6) is 11.5 Å². The number of ether oxygens (including phenoxy) is 1. The van der Waals surface area contributed by atoms with E-state index in [4.69, 9.17) is 17.0 Å². The second-order valence-corrected chi connectivity index (χ2v) is 10.5. The number of nitro benzene ring substituents is 1. The maximum Gasteiger partial charge on any atom is 0.289 e. The molecule has 1 fully saturated rings. The molecule has 3 aromatic carbocycles. The van der Waals surface area contributed by atoms with E-state index < -0.39 is 42.9 Å². The van der Waals surface area contributed by atoms with Crippen molar-refractivity contribution < 1.29 is 27.7 Å². The molecule has 200 valence electrons. The monoisotopic (exact) mass is 574 g/mol. The van der Waals surface area contributed by atoms with Crippen LogP contribution in [0.1, 0.15) is 5.69 Å². The molecule has 0 unspecified atom stereocenters. The predicted molar refractivity (Wildman–Crippen MR) is 149 cm³/mol. The molecule has 40 heavy (non-hydrogen) atoms. The highest BCUT2D eigenvalue weighted by molar-refractivity contribution is 7.90. The summed E-state index contributed by atoms with van der Waals surface area (Å²) in [6, 6.07) is 23.1. The van der Waals surface area contributed by atoms with Gasteiger partial charge < -0.3 is 4.74 Å². The van der Waals surface area contributed by atoms with Gasteiger partial charge in [-0.15, -0.1) is 0 Å². The zero-order valence-corrected chi connectivity index (χ0v) is 22.0. The number of nitrogens with one attached hydrogen (secondary N) is 1. The summed E-state index contributed by atoms with van der Waals surface area (Å²) in [5.74, 6) is -0.494. The Morgan fingerprint density at radius 1 is 0.875 bits per heavy atom. The summed E-state index contributed by atoms with van der Waals surface area (Å²) in [6.07, 6.45) is 2.25. The number of nitro groups is 1. The van der Waals surface area contributed by atoms with Crippen molar-refractivity contribution in [3.05, 3.63) is 119 Å². The lowest BCUT2D eigenvalue weighted by molar-refractivity contribution is -0.387. The standard InChI is InChI=1S/C27H18N4O7S2/c32-25-22(17-19-7-6-16-29(19)40(36,37)24-11-5-4-10-23(24)31(34)35)26(33)30(27(39)28-25)18-12-14-21(15-13-18)38-20-8-2-1-3-9-20/h1-17H,(H,28,32,39). The maximum atomic E-state index is 13.5. The average molecular weight is 575 g/mol. The number of aromatic nitrogens is 1. The first-order valence-corrected chi connectivity index (χ1v) is 13.4. The molecule has 0 atom stereocenters. The summed E-state index contributed by atoms with van der Waals surface area (Å²) >= 11 is 5.24. The van der Waals surface area contributed by atoms with E-state index in [1.54, 1.807) is 36.4 Å². The Balaban J connectivity index is 1.47. The quantitative estimate of drug-likeness (QED) is 0.114. The van der Waals surface area contributed by atoms with Crippen LogP contribution < -0.4 is 15.0 Å². The van der Waals surface area contributed by atoms with Crippen LogP contribution >= 0.6 is 12.2 Å². The molecule has 0 bridgehead atoms. The summed E-state index contributed by atoms with van der Waals surface area (Å²) in [4.78, 5) is 37.4. The fourth-order valence-electron chi connectivity index (χ4n) is 3.97. The molecular formula is C27H18N4O7S2. The van der Waals surface area contributed by atoms with Gasteiger partial charge in [0.25, 0.3) is 27.5 Å². The van der Waals surface area contributed by atoms with E-state index in [-0.39, 0.29) is 10.8 Å². The first-order chi connectivity index (χ1) is 19.2. The van der Waals surface area contributed by atoms with Gasteiger partial charge in [0.15, 0.2) is 10.0 Å². The minimum Gasteiger partial charge on any atom is -0.457 e. The lowest BCUT2D eigenvalue weighted by Gasteiger charge is -2.29. The third kappa shape index (κ3) is 4.98. The first kappa shape index (κ1) is 26.5. The molecule has 1 aliphatic heterocycles. The fourth-order valence-corrected chi connectivity index (χ4v) is 5.74. The van der Waals surface area contributed by atoms with E-state index in [9.17, 15) is 28.1 Å². The van der Waals surface area contributed by atoms with Crippen molar-refractivity contribution in [1.82, 2.24) is 9.29 Å². The van der Waals surface area contributed by atoms with Gasteiger partial charge in [-0.05, 0) is 72.9 Å². The molecular weight excluding hydrogens is 556 g/mol. The van der Waals surface area contributed by atoms with E-state index in [1.807, 2.05) is 18.2 Å². The predicted octanol–water partition coefficient (Wildman–Crippen LogP) is 4.26. The molecule has 1 aliphatic rings. The van der Waals surface area contributed by atoms with E-state index in [0.717, 1.165) is 33.3 Å². The minimum absolute atomic E-state index is 0.0731. The Morgan fingerprint density at radius 2 is 1.52 bits per heavy atom. The van der Waals surface area contributed by atoms with E-state index in [2.05, 4.69) is 5.32 Å². The Kier molecular flexibility index (Phi) is 6.98. The third-order valence-electron chi connectivity index (χ3n) is 5.81. The van der Waals surface area contributed by atoms with Crippen molar-refractivity contribution in [2.45, 2.75) is 4.90 Å². The summed E-state index contributed by atoms with van der Waals surface area (Å²) in [5, 5.41) is 13.7. The number of amides is 2. The van der Waals surface area contributed by atoms with Gasteiger partial charge in [0.2, 0.25) is 0 Å².